The van der Waals surface area contributed by atoms with E-state index in [1.807, 2.05) is 13.8 Å². The molecule has 2 rings (SSSR count). The van der Waals surface area contributed by atoms with Gasteiger partial charge in [-0.1, -0.05) is 24.6 Å². The van der Waals surface area contributed by atoms with E-state index >= 15 is 0 Å². The maximum atomic E-state index is 12.7. The largest absolute Gasteiger partial charge is 0.480 e. The molecule has 0 saturated heterocycles. The molecule has 1 aromatic carbocycles. The lowest BCUT2D eigenvalue weighted by Gasteiger charge is -2.42. The Hall–Kier alpha value is -1.36. The molecule has 0 spiro atoms. The van der Waals surface area contributed by atoms with Gasteiger partial charge in [-0.05, 0) is 44.2 Å². The Balaban J connectivity index is 2.56. The van der Waals surface area contributed by atoms with Crippen LogP contribution in [0.4, 0.5) is 0 Å². The molecule has 1 saturated carbocycles. The molecule has 4 nitrogen and oxygen atoms in total. The number of carboxylic acids is 1. The smallest absolute Gasteiger partial charge is 0.325 e. The van der Waals surface area contributed by atoms with Crippen molar-refractivity contribution in [3.8, 4) is 0 Å². The summed E-state index contributed by atoms with van der Waals surface area (Å²) in [6, 6.07) is 5.00. The average molecular weight is 282 g/mol. The molecule has 0 bridgehead atoms. The minimum atomic E-state index is -3.84. The van der Waals surface area contributed by atoms with Crippen LogP contribution in [0.2, 0.25) is 0 Å². The number of aliphatic carboxylic acids is 1. The third-order valence-corrected chi connectivity index (χ3v) is 6.45. The van der Waals surface area contributed by atoms with Crippen LogP contribution in [-0.4, -0.2) is 24.2 Å². The fraction of sp³-hybridized carbons (Fsp3) is 0.500. The predicted octanol–water partition coefficient (Wildman–Crippen LogP) is 2.33. The highest BCUT2D eigenvalue weighted by Crippen LogP contribution is 2.47. The van der Waals surface area contributed by atoms with E-state index in [4.69, 9.17) is 0 Å². The first-order valence-corrected chi connectivity index (χ1v) is 7.74. The normalized spacial score (nSPS) is 26.8. The Morgan fingerprint density at radius 3 is 2.32 bits per heavy atom. The van der Waals surface area contributed by atoms with Crippen molar-refractivity contribution in [2.24, 2.45) is 5.92 Å². The maximum Gasteiger partial charge on any atom is 0.325 e. The highest BCUT2D eigenvalue weighted by molar-refractivity contribution is 7.93. The minimum absolute atomic E-state index is 0.136. The van der Waals surface area contributed by atoms with Gasteiger partial charge in [0.1, 0.15) is 0 Å². The van der Waals surface area contributed by atoms with Gasteiger partial charge in [0.15, 0.2) is 14.6 Å². The van der Waals surface area contributed by atoms with Crippen molar-refractivity contribution in [3.05, 3.63) is 29.3 Å². The van der Waals surface area contributed by atoms with E-state index in [0.29, 0.717) is 5.56 Å². The van der Waals surface area contributed by atoms with Crippen LogP contribution in [0.1, 0.15) is 30.9 Å². The summed E-state index contributed by atoms with van der Waals surface area (Å²) in [4.78, 5) is 11.6. The summed E-state index contributed by atoms with van der Waals surface area (Å²) in [5.74, 6) is -1.10. The number of rotatable bonds is 3. The highest BCUT2D eigenvalue weighted by atomic mass is 32.2. The molecule has 0 heterocycles. The second-order valence-corrected chi connectivity index (χ2v) is 7.81. The fourth-order valence-electron chi connectivity index (χ4n) is 2.89. The van der Waals surface area contributed by atoms with E-state index in [-0.39, 0.29) is 23.7 Å². The average Bonchev–Trinajstić information content (AvgIpc) is 2.22. The molecule has 0 aliphatic heterocycles. The van der Waals surface area contributed by atoms with E-state index in [2.05, 4.69) is 0 Å². The Bertz CT molecular complexity index is 625. The Morgan fingerprint density at radius 2 is 1.89 bits per heavy atom. The molecule has 0 aromatic heterocycles. The second-order valence-electron chi connectivity index (χ2n) is 5.59. The van der Waals surface area contributed by atoms with Crippen LogP contribution in [-0.2, 0) is 14.6 Å². The number of hydrogen-bond acceptors (Lipinski definition) is 3. The monoisotopic (exact) mass is 282 g/mol. The van der Waals surface area contributed by atoms with Crippen LogP contribution < -0.4 is 0 Å². The molecule has 1 fully saturated rings. The van der Waals surface area contributed by atoms with Gasteiger partial charge in [0, 0.05) is 0 Å². The summed E-state index contributed by atoms with van der Waals surface area (Å²) < 4.78 is 23.7. The number of aryl methyl sites for hydroxylation is 2. The van der Waals surface area contributed by atoms with Crippen LogP contribution in [0.5, 0.6) is 0 Å². The van der Waals surface area contributed by atoms with Crippen LogP contribution in [0.25, 0.3) is 0 Å². The first-order chi connectivity index (χ1) is 8.70. The third-order valence-electron chi connectivity index (χ3n) is 3.88. The first kappa shape index (κ1) is 14.1. The molecule has 0 unspecified atom stereocenters. The lowest BCUT2D eigenvalue weighted by atomic mass is 9.75. The van der Waals surface area contributed by atoms with Crippen molar-refractivity contribution in [2.75, 3.05) is 0 Å². The Kier molecular flexibility index (Phi) is 3.21. The number of carbonyl (C=O) groups is 1. The number of sulfone groups is 1. The molecule has 19 heavy (non-hydrogen) atoms. The summed E-state index contributed by atoms with van der Waals surface area (Å²) in [7, 11) is -3.84. The number of benzene rings is 1. The lowest BCUT2D eigenvalue weighted by molar-refractivity contribution is -0.143. The zero-order valence-corrected chi connectivity index (χ0v) is 12.1. The van der Waals surface area contributed by atoms with Crippen molar-refractivity contribution >= 4 is 15.8 Å². The fourth-order valence-corrected chi connectivity index (χ4v) is 5.28. The standard InChI is InChI=1S/C14H18O4S/c1-9-4-5-12(11(3)6-9)19(17,18)14(13(15)16)7-10(2)8-14/h4-6,10H,7-8H2,1-3H3,(H,15,16). The summed E-state index contributed by atoms with van der Waals surface area (Å²) in [6.45, 7) is 5.46. The van der Waals surface area contributed by atoms with E-state index < -0.39 is 20.6 Å². The molecule has 1 N–H and O–H groups in total. The van der Waals surface area contributed by atoms with Crippen molar-refractivity contribution in [3.63, 3.8) is 0 Å². The summed E-state index contributed by atoms with van der Waals surface area (Å²) >= 11 is 0. The van der Waals surface area contributed by atoms with Gasteiger partial charge in [0.25, 0.3) is 0 Å². The van der Waals surface area contributed by atoms with Gasteiger partial charge in [0.05, 0.1) is 4.90 Å². The molecule has 0 radical (unpaired) electrons. The molecule has 1 aliphatic carbocycles. The summed E-state index contributed by atoms with van der Waals surface area (Å²) in [5.41, 5.74) is 1.57. The zero-order chi connectivity index (χ0) is 14.4. The Morgan fingerprint density at radius 1 is 1.32 bits per heavy atom. The predicted molar refractivity (Wildman–Crippen MR) is 71.9 cm³/mol. The molecule has 5 heteroatoms. The van der Waals surface area contributed by atoms with Gasteiger partial charge < -0.3 is 5.11 Å². The van der Waals surface area contributed by atoms with E-state index in [0.717, 1.165) is 5.56 Å². The van der Waals surface area contributed by atoms with Crippen LogP contribution in [0.15, 0.2) is 23.1 Å². The summed E-state index contributed by atoms with van der Waals surface area (Å²) in [5, 5.41) is 9.36. The molecule has 1 aromatic rings. The molecule has 0 atom stereocenters. The number of carboxylic acid groups (broad SMARTS) is 1. The molecule has 0 amide bonds. The Labute approximate surface area is 113 Å². The minimum Gasteiger partial charge on any atom is -0.480 e. The zero-order valence-electron chi connectivity index (χ0n) is 11.3. The van der Waals surface area contributed by atoms with Crippen LogP contribution in [0, 0.1) is 19.8 Å². The highest BCUT2D eigenvalue weighted by Gasteiger charge is 2.59. The van der Waals surface area contributed by atoms with Gasteiger partial charge in [-0.2, -0.15) is 0 Å². The van der Waals surface area contributed by atoms with Gasteiger partial charge in [-0.3, -0.25) is 4.79 Å². The van der Waals surface area contributed by atoms with Crippen molar-refractivity contribution < 1.29 is 18.3 Å². The van der Waals surface area contributed by atoms with E-state index in [1.165, 1.54) is 6.07 Å². The van der Waals surface area contributed by atoms with Crippen LogP contribution >= 0.6 is 0 Å². The third kappa shape index (κ3) is 1.96. The first-order valence-electron chi connectivity index (χ1n) is 6.26. The molecular weight excluding hydrogens is 264 g/mol. The quantitative estimate of drug-likeness (QED) is 0.923. The number of hydrogen-bond donors (Lipinski definition) is 1. The lowest BCUT2D eigenvalue weighted by Crippen LogP contribution is -2.55. The summed E-state index contributed by atoms with van der Waals surface area (Å²) in [6.07, 6.45) is 0.385. The van der Waals surface area contributed by atoms with Crippen molar-refractivity contribution in [2.45, 2.75) is 43.3 Å². The topological polar surface area (TPSA) is 71.4 Å². The SMILES string of the molecule is Cc1ccc(S(=O)(=O)C2(C(=O)O)CC(C)C2)c(C)c1. The molecule has 104 valence electrons. The molecule has 1 aliphatic rings. The molecular formula is C14H18O4S. The van der Waals surface area contributed by atoms with Gasteiger partial charge >= 0.3 is 5.97 Å². The van der Waals surface area contributed by atoms with Crippen LogP contribution in [0.3, 0.4) is 0 Å². The maximum absolute atomic E-state index is 12.7. The van der Waals surface area contributed by atoms with Crippen molar-refractivity contribution in [1.29, 1.82) is 0 Å². The van der Waals surface area contributed by atoms with Gasteiger partial charge in [0.2, 0.25) is 0 Å². The van der Waals surface area contributed by atoms with Gasteiger partial charge in [-0.25, -0.2) is 8.42 Å². The van der Waals surface area contributed by atoms with Crippen molar-refractivity contribution in [1.82, 2.24) is 0 Å². The van der Waals surface area contributed by atoms with Gasteiger partial charge in [-0.15, -0.1) is 0 Å². The van der Waals surface area contributed by atoms with E-state index in [9.17, 15) is 18.3 Å². The second kappa shape index (κ2) is 4.34. The van der Waals surface area contributed by atoms with E-state index in [1.54, 1.807) is 19.1 Å².